The summed E-state index contributed by atoms with van der Waals surface area (Å²) in [4.78, 5) is 13.8. The van der Waals surface area contributed by atoms with Gasteiger partial charge in [-0.25, -0.2) is 10.2 Å². The molecular formula is C11H7BrF2N4O3. The monoisotopic (exact) mass is 360 g/mol. The Labute approximate surface area is 125 Å². The van der Waals surface area contributed by atoms with Crippen molar-refractivity contribution in [2.45, 2.75) is 0 Å². The summed E-state index contributed by atoms with van der Waals surface area (Å²) in [5.41, 5.74) is 1.65. The van der Waals surface area contributed by atoms with Crippen molar-refractivity contribution in [3.8, 4) is 11.6 Å². The highest BCUT2D eigenvalue weighted by atomic mass is 79.9. The molecule has 0 amide bonds. The number of anilines is 1. The van der Waals surface area contributed by atoms with Crippen molar-refractivity contribution in [2.24, 2.45) is 5.84 Å². The Morgan fingerprint density at radius 1 is 1.38 bits per heavy atom. The molecule has 0 aliphatic heterocycles. The second-order valence-corrected chi connectivity index (χ2v) is 4.64. The highest BCUT2D eigenvalue weighted by Gasteiger charge is 2.21. The summed E-state index contributed by atoms with van der Waals surface area (Å²) < 4.78 is 32.1. The molecule has 0 bridgehead atoms. The number of nitrogens with two attached hydrogens (primary N) is 1. The molecule has 21 heavy (non-hydrogen) atoms. The molecule has 1 aromatic heterocycles. The zero-order chi connectivity index (χ0) is 15.6. The third kappa shape index (κ3) is 3.23. The molecule has 1 heterocycles. The molecule has 2 rings (SSSR count). The van der Waals surface area contributed by atoms with Crippen molar-refractivity contribution in [2.75, 3.05) is 5.43 Å². The van der Waals surface area contributed by atoms with Gasteiger partial charge in [-0.15, -0.1) is 0 Å². The van der Waals surface area contributed by atoms with Crippen LogP contribution >= 0.6 is 15.9 Å². The van der Waals surface area contributed by atoms with Crippen LogP contribution in [0.15, 0.2) is 28.7 Å². The largest absolute Gasteiger partial charge is 0.430 e. The number of halogens is 3. The lowest BCUT2D eigenvalue weighted by atomic mass is 10.3. The molecule has 0 radical (unpaired) electrons. The van der Waals surface area contributed by atoms with E-state index in [1.54, 1.807) is 0 Å². The Balaban J connectivity index is 2.50. The maximum atomic E-state index is 13.6. The van der Waals surface area contributed by atoms with Crippen molar-refractivity contribution in [3.05, 3.63) is 50.5 Å². The minimum Gasteiger partial charge on any atom is -0.430 e. The van der Waals surface area contributed by atoms with Crippen LogP contribution in [-0.2, 0) is 0 Å². The maximum absolute atomic E-state index is 13.6. The van der Waals surface area contributed by atoms with Crippen LogP contribution in [-0.4, -0.2) is 9.91 Å². The van der Waals surface area contributed by atoms with Crippen molar-refractivity contribution in [1.29, 1.82) is 0 Å². The zero-order valence-corrected chi connectivity index (χ0v) is 11.7. The van der Waals surface area contributed by atoms with Crippen molar-refractivity contribution in [3.63, 3.8) is 0 Å². The van der Waals surface area contributed by atoms with E-state index in [9.17, 15) is 18.9 Å². The number of hydrogen-bond acceptors (Lipinski definition) is 6. The minimum atomic E-state index is -1.29. The van der Waals surface area contributed by atoms with E-state index < -0.39 is 33.9 Å². The predicted octanol–water partition coefficient (Wildman–Crippen LogP) is 3.11. The summed E-state index contributed by atoms with van der Waals surface area (Å²) >= 11 is 2.96. The summed E-state index contributed by atoms with van der Waals surface area (Å²) in [5, 5.41) is 10.9. The van der Waals surface area contributed by atoms with Gasteiger partial charge in [-0.2, -0.15) is 9.37 Å². The Kier molecular flexibility index (Phi) is 4.29. The zero-order valence-electron chi connectivity index (χ0n) is 10.1. The molecule has 3 N–H and O–H groups in total. The van der Waals surface area contributed by atoms with Crippen LogP contribution in [0, 0.1) is 21.7 Å². The molecule has 2 aromatic rings. The molecule has 0 aliphatic carbocycles. The fraction of sp³-hybridized carbons (Fsp3) is 0. The Morgan fingerprint density at radius 3 is 2.71 bits per heavy atom. The summed E-state index contributed by atoms with van der Waals surface area (Å²) in [6.07, 6.45) is 0. The van der Waals surface area contributed by atoms with Gasteiger partial charge in [0.05, 0.1) is 4.92 Å². The molecule has 0 spiro atoms. The number of hydrazine groups is 1. The van der Waals surface area contributed by atoms with Crippen LogP contribution in [0.3, 0.4) is 0 Å². The fourth-order valence-electron chi connectivity index (χ4n) is 1.44. The van der Waals surface area contributed by atoms with E-state index in [0.717, 1.165) is 18.2 Å². The molecule has 0 atom stereocenters. The van der Waals surface area contributed by atoms with Gasteiger partial charge in [-0.05, 0) is 18.2 Å². The number of pyridine rings is 1. The molecule has 110 valence electrons. The Bertz CT molecular complexity index is 714. The number of aromatic nitrogens is 1. The molecule has 0 unspecified atom stereocenters. The average molecular weight is 361 g/mol. The highest BCUT2D eigenvalue weighted by Crippen LogP contribution is 2.34. The molecule has 0 fully saturated rings. The Morgan fingerprint density at radius 2 is 2.10 bits per heavy atom. The number of nitro groups is 1. The van der Waals surface area contributed by atoms with Gasteiger partial charge in [0.1, 0.15) is 5.82 Å². The second-order valence-electron chi connectivity index (χ2n) is 3.72. The van der Waals surface area contributed by atoms with E-state index in [1.807, 2.05) is 0 Å². The van der Waals surface area contributed by atoms with Crippen LogP contribution in [0.5, 0.6) is 11.6 Å². The normalized spacial score (nSPS) is 10.3. The van der Waals surface area contributed by atoms with E-state index >= 15 is 0 Å². The van der Waals surface area contributed by atoms with E-state index in [-0.39, 0.29) is 10.3 Å². The molecular weight excluding hydrogens is 354 g/mol. The van der Waals surface area contributed by atoms with Crippen LogP contribution < -0.4 is 16.0 Å². The smallest absolute Gasteiger partial charge is 0.331 e. The van der Waals surface area contributed by atoms with Crippen LogP contribution in [0.2, 0.25) is 0 Å². The van der Waals surface area contributed by atoms with Crippen molar-refractivity contribution < 1.29 is 18.4 Å². The topological polar surface area (TPSA) is 103 Å². The van der Waals surface area contributed by atoms with E-state index in [1.165, 1.54) is 6.07 Å². The van der Waals surface area contributed by atoms with E-state index in [2.05, 4.69) is 26.3 Å². The average Bonchev–Trinajstić information content (AvgIpc) is 2.43. The van der Waals surface area contributed by atoms with E-state index in [4.69, 9.17) is 10.6 Å². The minimum absolute atomic E-state index is 0.0616. The van der Waals surface area contributed by atoms with Crippen molar-refractivity contribution >= 4 is 27.4 Å². The van der Waals surface area contributed by atoms with Gasteiger partial charge >= 0.3 is 11.6 Å². The number of nitrogens with zero attached hydrogens (tertiary/aromatic N) is 2. The van der Waals surface area contributed by atoms with Gasteiger partial charge in [0.15, 0.2) is 11.6 Å². The first kappa shape index (κ1) is 15.1. The maximum Gasteiger partial charge on any atom is 0.331 e. The fourth-order valence-corrected chi connectivity index (χ4v) is 1.85. The van der Waals surface area contributed by atoms with Crippen molar-refractivity contribution in [1.82, 2.24) is 4.98 Å². The lowest BCUT2D eigenvalue weighted by molar-refractivity contribution is -0.386. The first-order chi connectivity index (χ1) is 9.92. The predicted molar refractivity (Wildman–Crippen MR) is 72.8 cm³/mol. The first-order valence-corrected chi connectivity index (χ1v) is 6.16. The lowest BCUT2D eigenvalue weighted by Crippen LogP contribution is -2.09. The number of nitrogens with one attached hydrogen (secondary N) is 1. The highest BCUT2D eigenvalue weighted by molar-refractivity contribution is 9.10. The molecule has 0 aliphatic rings. The number of benzene rings is 1. The number of ether oxygens (including phenoxy) is 1. The third-order valence-corrected chi connectivity index (χ3v) is 2.81. The number of hydrogen-bond donors (Lipinski definition) is 2. The summed E-state index contributed by atoms with van der Waals surface area (Å²) in [6.45, 7) is 0. The standard InChI is InChI=1S/C11H7BrF2N4O3/c12-5-3-6(13)10(14)8(4-5)21-11-7(18(19)20)1-2-9(16-11)17-15/h1-4H,15H2,(H,16,17). The molecule has 7 nitrogen and oxygen atoms in total. The van der Waals surface area contributed by atoms with Gasteiger partial charge < -0.3 is 10.2 Å². The third-order valence-electron chi connectivity index (χ3n) is 2.35. The lowest BCUT2D eigenvalue weighted by Gasteiger charge is -2.08. The second kappa shape index (κ2) is 5.97. The molecule has 1 aromatic carbocycles. The van der Waals surface area contributed by atoms with Crippen LogP contribution in [0.25, 0.3) is 0 Å². The van der Waals surface area contributed by atoms with Gasteiger partial charge in [-0.1, -0.05) is 15.9 Å². The molecule has 0 saturated carbocycles. The number of nitrogen functional groups attached to an aromatic ring is 1. The van der Waals surface area contributed by atoms with Crippen LogP contribution in [0.1, 0.15) is 0 Å². The molecule has 0 saturated heterocycles. The van der Waals surface area contributed by atoms with Gasteiger partial charge in [0, 0.05) is 10.5 Å². The summed E-state index contributed by atoms with van der Waals surface area (Å²) in [7, 11) is 0. The van der Waals surface area contributed by atoms with Gasteiger partial charge in [0.25, 0.3) is 0 Å². The van der Waals surface area contributed by atoms with Crippen LogP contribution in [0.4, 0.5) is 20.3 Å². The summed E-state index contributed by atoms with van der Waals surface area (Å²) in [5.74, 6) is 1.67. The SMILES string of the molecule is NNc1ccc([N+](=O)[O-])c(Oc2cc(Br)cc(F)c2F)n1. The van der Waals surface area contributed by atoms with Gasteiger partial charge in [0.2, 0.25) is 5.82 Å². The van der Waals surface area contributed by atoms with Gasteiger partial charge in [-0.3, -0.25) is 10.1 Å². The first-order valence-electron chi connectivity index (χ1n) is 5.37. The molecule has 10 heteroatoms. The number of rotatable bonds is 4. The summed E-state index contributed by atoms with van der Waals surface area (Å²) in [6, 6.07) is 4.32. The van der Waals surface area contributed by atoms with E-state index in [0.29, 0.717) is 0 Å². The Hall–Kier alpha value is -2.33. The quantitative estimate of drug-likeness (QED) is 0.375.